The van der Waals surface area contributed by atoms with E-state index in [1.54, 1.807) is 7.11 Å². The first-order valence-electron chi connectivity index (χ1n) is 6.03. The zero-order chi connectivity index (χ0) is 13.9. The molecule has 5 nitrogen and oxygen atoms in total. The van der Waals surface area contributed by atoms with Gasteiger partial charge in [-0.25, -0.2) is 4.39 Å². The highest BCUT2D eigenvalue weighted by Gasteiger charge is 2.35. The number of halogens is 1. The van der Waals surface area contributed by atoms with Gasteiger partial charge < -0.3 is 20.5 Å². The molecule has 0 aromatic heterocycles. The molecule has 3 N–H and O–H groups in total. The van der Waals surface area contributed by atoms with Crippen LogP contribution < -0.4 is 11.1 Å². The summed E-state index contributed by atoms with van der Waals surface area (Å²) in [5.41, 5.74) is 5.02. The maximum Gasteiger partial charge on any atom is 0.253 e. The van der Waals surface area contributed by atoms with Crippen LogP contribution in [0.15, 0.2) is 18.2 Å². The van der Waals surface area contributed by atoms with Crippen LogP contribution in [0.3, 0.4) is 0 Å². The molecule has 104 valence electrons. The molecule has 0 spiro atoms. The van der Waals surface area contributed by atoms with Crippen LogP contribution in [-0.2, 0) is 9.47 Å². The van der Waals surface area contributed by atoms with Crippen molar-refractivity contribution in [1.29, 1.82) is 0 Å². The number of nitrogens with one attached hydrogen (secondary N) is 1. The van der Waals surface area contributed by atoms with E-state index in [1.165, 1.54) is 18.2 Å². The maximum atomic E-state index is 13.3. The van der Waals surface area contributed by atoms with Crippen molar-refractivity contribution >= 4 is 11.6 Å². The van der Waals surface area contributed by atoms with E-state index in [1.807, 2.05) is 0 Å². The van der Waals surface area contributed by atoms with Crippen LogP contribution >= 0.6 is 0 Å². The molecule has 1 atom stereocenters. The van der Waals surface area contributed by atoms with E-state index in [0.29, 0.717) is 26.2 Å². The molecule has 1 saturated heterocycles. The Bertz CT molecular complexity index is 473. The summed E-state index contributed by atoms with van der Waals surface area (Å²) in [5.74, 6) is -1.02. The molecule has 2 rings (SSSR count). The van der Waals surface area contributed by atoms with Gasteiger partial charge in [0, 0.05) is 26.7 Å². The van der Waals surface area contributed by atoms with E-state index in [2.05, 4.69) is 5.32 Å². The van der Waals surface area contributed by atoms with Crippen LogP contribution in [0.4, 0.5) is 10.1 Å². The third kappa shape index (κ3) is 2.85. The van der Waals surface area contributed by atoms with Gasteiger partial charge in [0.05, 0.1) is 17.9 Å². The summed E-state index contributed by atoms with van der Waals surface area (Å²) in [6, 6.07) is 4.15. The van der Waals surface area contributed by atoms with Gasteiger partial charge >= 0.3 is 0 Å². The lowest BCUT2D eigenvalue weighted by Gasteiger charge is -2.26. The molecule has 1 heterocycles. The second kappa shape index (κ2) is 5.54. The fourth-order valence-electron chi connectivity index (χ4n) is 2.03. The van der Waals surface area contributed by atoms with E-state index < -0.39 is 17.3 Å². The van der Waals surface area contributed by atoms with E-state index in [9.17, 15) is 9.18 Å². The Labute approximate surface area is 110 Å². The topological polar surface area (TPSA) is 73.6 Å². The number of nitrogen functional groups attached to an aromatic ring is 1. The largest absolute Gasteiger partial charge is 0.396 e. The van der Waals surface area contributed by atoms with Gasteiger partial charge in [-0.3, -0.25) is 4.79 Å². The van der Waals surface area contributed by atoms with E-state index in [0.717, 1.165) is 0 Å². The standard InChI is InChI=1S/C13H17FN2O3/c1-18-13(5-6-19-8-13)7-16-12(17)9-3-2-4-10(14)11(9)15/h2-4H,5-8,15H2,1H3,(H,16,17). The summed E-state index contributed by atoms with van der Waals surface area (Å²) in [5, 5.41) is 2.71. The van der Waals surface area contributed by atoms with Gasteiger partial charge in [0.2, 0.25) is 0 Å². The molecular formula is C13H17FN2O3. The van der Waals surface area contributed by atoms with Crippen molar-refractivity contribution in [3.63, 3.8) is 0 Å². The molecule has 1 aliphatic rings. The minimum absolute atomic E-state index is 0.130. The second-order valence-electron chi connectivity index (χ2n) is 4.57. The summed E-state index contributed by atoms with van der Waals surface area (Å²) < 4.78 is 23.9. The average molecular weight is 268 g/mol. The van der Waals surface area contributed by atoms with Crippen LogP contribution in [0.5, 0.6) is 0 Å². The summed E-state index contributed by atoms with van der Waals surface area (Å²) in [6.45, 7) is 1.34. The fourth-order valence-corrected chi connectivity index (χ4v) is 2.03. The van der Waals surface area contributed by atoms with Crippen molar-refractivity contribution in [2.24, 2.45) is 0 Å². The number of ether oxygens (including phenoxy) is 2. The lowest BCUT2D eigenvalue weighted by atomic mass is 10.0. The van der Waals surface area contributed by atoms with Crippen LogP contribution in [-0.4, -0.2) is 38.4 Å². The first-order chi connectivity index (χ1) is 9.08. The molecule has 0 radical (unpaired) electrons. The van der Waals surface area contributed by atoms with E-state index in [-0.39, 0.29) is 11.3 Å². The van der Waals surface area contributed by atoms with Crippen LogP contribution in [0, 0.1) is 5.82 Å². The predicted molar refractivity (Wildman–Crippen MR) is 68.3 cm³/mol. The zero-order valence-electron chi connectivity index (χ0n) is 10.7. The minimum atomic E-state index is -0.599. The van der Waals surface area contributed by atoms with E-state index >= 15 is 0 Å². The number of carbonyl (C=O) groups is 1. The Hall–Kier alpha value is -1.66. The van der Waals surface area contributed by atoms with Crippen molar-refractivity contribution in [2.45, 2.75) is 12.0 Å². The van der Waals surface area contributed by atoms with Crippen LogP contribution in [0.1, 0.15) is 16.8 Å². The highest BCUT2D eigenvalue weighted by molar-refractivity contribution is 5.99. The molecule has 0 bridgehead atoms. The van der Waals surface area contributed by atoms with Gasteiger partial charge in [-0.15, -0.1) is 0 Å². The Morgan fingerprint density at radius 1 is 1.63 bits per heavy atom. The fraction of sp³-hybridized carbons (Fsp3) is 0.462. The molecule has 0 aliphatic carbocycles. The SMILES string of the molecule is COC1(CNC(=O)c2cccc(F)c2N)CCOC1. The zero-order valence-corrected chi connectivity index (χ0v) is 10.7. The Balaban J connectivity index is 2.03. The van der Waals surface area contributed by atoms with Gasteiger partial charge in [0.15, 0.2) is 0 Å². The summed E-state index contributed by atoms with van der Waals surface area (Å²) in [6.07, 6.45) is 0.711. The monoisotopic (exact) mass is 268 g/mol. The number of rotatable bonds is 4. The van der Waals surface area contributed by atoms with Crippen molar-refractivity contribution in [1.82, 2.24) is 5.32 Å². The van der Waals surface area contributed by atoms with Crippen molar-refractivity contribution < 1.29 is 18.7 Å². The Kier molecular flexibility index (Phi) is 4.01. The molecule has 19 heavy (non-hydrogen) atoms. The summed E-state index contributed by atoms with van der Waals surface area (Å²) in [7, 11) is 1.58. The molecule has 6 heteroatoms. The van der Waals surface area contributed by atoms with Gasteiger partial charge in [-0.05, 0) is 12.1 Å². The molecule has 0 saturated carbocycles. The average Bonchev–Trinajstić information content (AvgIpc) is 2.89. The predicted octanol–water partition coefficient (Wildman–Crippen LogP) is 0.943. The van der Waals surface area contributed by atoms with Gasteiger partial charge in [0.1, 0.15) is 11.4 Å². The quantitative estimate of drug-likeness (QED) is 0.797. The number of benzene rings is 1. The summed E-state index contributed by atoms with van der Waals surface area (Å²) in [4.78, 5) is 12.0. The number of carbonyl (C=O) groups excluding carboxylic acids is 1. The molecule has 1 aliphatic heterocycles. The first kappa shape index (κ1) is 13.8. The van der Waals surface area contributed by atoms with E-state index in [4.69, 9.17) is 15.2 Å². The lowest BCUT2D eigenvalue weighted by Crippen LogP contribution is -2.45. The normalized spacial score (nSPS) is 22.4. The number of methoxy groups -OCH3 is 1. The van der Waals surface area contributed by atoms with Crippen LogP contribution in [0.2, 0.25) is 0 Å². The van der Waals surface area contributed by atoms with Gasteiger partial charge in [0.25, 0.3) is 5.91 Å². The number of anilines is 1. The van der Waals surface area contributed by atoms with Crippen molar-refractivity contribution in [2.75, 3.05) is 32.6 Å². The highest BCUT2D eigenvalue weighted by atomic mass is 19.1. The minimum Gasteiger partial charge on any atom is -0.396 e. The Morgan fingerprint density at radius 3 is 3.05 bits per heavy atom. The molecule has 1 amide bonds. The number of amides is 1. The first-order valence-corrected chi connectivity index (χ1v) is 6.03. The van der Waals surface area contributed by atoms with Crippen molar-refractivity contribution in [3.8, 4) is 0 Å². The lowest BCUT2D eigenvalue weighted by molar-refractivity contribution is -0.0148. The number of para-hydroxylation sites is 1. The van der Waals surface area contributed by atoms with Crippen molar-refractivity contribution in [3.05, 3.63) is 29.6 Å². The highest BCUT2D eigenvalue weighted by Crippen LogP contribution is 2.22. The third-order valence-corrected chi connectivity index (χ3v) is 3.37. The molecule has 1 fully saturated rings. The Morgan fingerprint density at radius 2 is 2.42 bits per heavy atom. The molecular weight excluding hydrogens is 251 g/mol. The molecule has 1 aromatic carbocycles. The van der Waals surface area contributed by atoms with Crippen LogP contribution in [0.25, 0.3) is 0 Å². The second-order valence-corrected chi connectivity index (χ2v) is 4.57. The number of hydrogen-bond donors (Lipinski definition) is 2. The number of hydrogen-bond acceptors (Lipinski definition) is 4. The van der Waals surface area contributed by atoms with Gasteiger partial charge in [-0.2, -0.15) is 0 Å². The molecule has 1 unspecified atom stereocenters. The molecule has 1 aromatic rings. The smallest absolute Gasteiger partial charge is 0.253 e. The number of nitrogens with two attached hydrogens (primary N) is 1. The maximum absolute atomic E-state index is 13.3. The third-order valence-electron chi connectivity index (χ3n) is 3.37. The van der Waals surface area contributed by atoms with Gasteiger partial charge in [-0.1, -0.05) is 6.07 Å². The summed E-state index contributed by atoms with van der Waals surface area (Å²) >= 11 is 0.